The number of ketones is 1. The van der Waals surface area contributed by atoms with Gasteiger partial charge in [0.25, 0.3) is 0 Å². The van der Waals surface area contributed by atoms with Crippen LogP contribution in [-0.4, -0.2) is 41.8 Å². The highest BCUT2D eigenvalue weighted by atomic mass is 35.5. The molecular formula is C23H30ClNO4. The van der Waals surface area contributed by atoms with Gasteiger partial charge in [0.15, 0.2) is 5.78 Å². The normalized spacial score (nSPS) is 16.6. The first-order chi connectivity index (χ1) is 14.0. The van der Waals surface area contributed by atoms with Gasteiger partial charge in [-0.25, -0.2) is 0 Å². The lowest BCUT2D eigenvalue weighted by molar-refractivity contribution is -0.143. The molecule has 1 aromatic carbocycles. The van der Waals surface area contributed by atoms with Crippen molar-refractivity contribution in [2.24, 2.45) is 0 Å². The number of allylic oxidation sites excluding steroid dienone is 1. The number of amides is 1. The Morgan fingerprint density at radius 2 is 2.03 bits per heavy atom. The fraction of sp³-hybridized carbons (Fsp3) is 0.522. The van der Waals surface area contributed by atoms with Crippen molar-refractivity contribution in [3.8, 4) is 0 Å². The first-order valence-electron chi connectivity index (χ1n) is 10.4. The minimum Gasteiger partial charge on any atom is -0.466 e. The van der Waals surface area contributed by atoms with Crippen molar-refractivity contribution in [2.45, 2.75) is 64.3 Å². The monoisotopic (exact) mass is 419 g/mol. The van der Waals surface area contributed by atoms with E-state index < -0.39 is 0 Å². The van der Waals surface area contributed by atoms with Gasteiger partial charge in [-0.3, -0.25) is 14.4 Å². The van der Waals surface area contributed by atoms with Crippen LogP contribution < -0.4 is 0 Å². The van der Waals surface area contributed by atoms with E-state index in [0.29, 0.717) is 37.4 Å². The van der Waals surface area contributed by atoms with Gasteiger partial charge in [-0.05, 0) is 50.0 Å². The smallest absolute Gasteiger partial charge is 0.305 e. The van der Waals surface area contributed by atoms with E-state index in [9.17, 15) is 14.4 Å². The summed E-state index contributed by atoms with van der Waals surface area (Å²) in [5.74, 6) is 0.00820. The lowest BCUT2D eigenvalue weighted by Crippen LogP contribution is -2.32. The maximum absolute atomic E-state index is 12.2. The molecule has 2 rings (SSSR count). The molecule has 1 amide bonds. The van der Waals surface area contributed by atoms with Gasteiger partial charge in [0.1, 0.15) is 0 Å². The number of unbranched alkanes of at least 4 members (excludes halogenated alkanes) is 3. The number of carbonyl (C=O) groups excluding carboxylic acids is 3. The van der Waals surface area contributed by atoms with Crippen LogP contribution in [0.1, 0.15) is 57.4 Å². The number of rotatable bonds is 12. The largest absolute Gasteiger partial charge is 0.466 e. The summed E-state index contributed by atoms with van der Waals surface area (Å²) in [6.07, 6.45) is 9.11. The van der Waals surface area contributed by atoms with Crippen molar-refractivity contribution in [1.82, 2.24) is 4.90 Å². The molecule has 0 aliphatic carbocycles. The van der Waals surface area contributed by atoms with Crippen LogP contribution in [-0.2, 0) is 25.5 Å². The highest BCUT2D eigenvalue weighted by Gasteiger charge is 2.28. The maximum atomic E-state index is 12.2. The quantitative estimate of drug-likeness (QED) is 0.284. The Kier molecular flexibility index (Phi) is 9.92. The molecule has 1 atom stereocenters. The van der Waals surface area contributed by atoms with Gasteiger partial charge in [-0.2, -0.15) is 0 Å². The molecule has 6 heteroatoms. The SMILES string of the molecule is CCOC(=O)CCCCCCN1C(=O)CC[C@H]1/C=C/C(=O)Cc1cccc(Cl)c1. The van der Waals surface area contributed by atoms with Crippen LogP contribution in [0.5, 0.6) is 0 Å². The van der Waals surface area contributed by atoms with Gasteiger partial charge in [0.2, 0.25) is 5.91 Å². The van der Waals surface area contributed by atoms with Crippen molar-refractivity contribution < 1.29 is 19.1 Å². The maximum Gasteiger partial charge on any atom is 0.305 e. The van der Waals surface area contributed by atoms with E-state index in [0.717, 1.165) is 37.7 Å². The van der Waals surface area contributed by atoms with E-state index in [2.05, 4.69) is 0 Å². The molecule has 0 spiro atoms. The molecule has 1 saturated heterocycles. The molecule has 1 aromatic rings. The number of nitrogens with zero attached hydrogens (tertiary/aromatic N) is 1. The van der Waals surface area contributed by atoms with E-state index in [4.69, 9.17) is 16.3 Å². The molecular weight excluding hydrogens is 390 g/mol. The second-order valence-corrected chi connectivity index (χ2v) is 7.73. The van der Waals surface area contributed by atoms with Crippen LogP contribution in [0.2, 0.25) is 5.02 Å². The Balaban J connectivity index is 1.72. The van der Waals surface area contributed by atoms with Gasteiger partial charge >= 0.3 is 5.97 Å². The van der Waals surface area contributed by atoms with Crippen LogP contribution in [0.3, 0.4) is 0 Å². The van der Waals surface area contributed by atoms with E-state index in [1.807, 2.05) is 23.1 Å². The lowest BCUT2D eigenvalue weighted by Gasteiger charge is -2.22. The first kappa shape index (κ1) is 23.1. The van der Waals surface area contributed by atoms with Crippen LogP contribution in [0.4, 0.5) is 0 Å². The Labute approximate surface area is 178 Å². The number of hydrogen-bond acceptors (Lipinski definition) is 4. The van der Waals surface area contributed by atoms with Gasteiger partial charge in [-0.15, -0.1) is 0 Å². The summed E-state index contributed by atoms with van der Waals surface area (Å²) in [5, 5.41) is 0.620. The Bertz CT molecular complexity index is 731. The predicted molar refractivity (Wildman–Crippen MR) is 114 cm³/mol. The van der Waals surface area contributed by atoms with E-state index >= 15 is 0 Å². The van der Waals surface area contributed by atoms with Crippen molar-refractivity contribution in [3.63, 3.8) is 0 Å². The van der Waals surface area contributed by atoms with Gasteiger partial charge < -0.3 is 9.64 Å². The highest BCUT2D eigenvalue weighted by molar-refractivity contribution is 6.30. The van der Waals surface area contributed by atoms with Crippen molar-refractivity contribution in [3.05, 3.63) is 47.0 Å². The number of likely N-dealkylation sites (tertiary alicyclic amines) is 1. The second-order valence-electron chi connectivity index (χ2n) is 7.29. The average Bonchev–Trinajstić information content (AvgIpc) is 3.03. The summed E-state index contributed by atoms with van der Waals surface area (Å²) in [7, 11) is 0. The summed E-state index contributed by atoms with van der Waals surface area (Å²) in [4.78, 5) is 37.6. The number of carbonyl (C=O) groups is 3. The topological polar surface area (TPSA) is 63.7 Å². The fourth-order valence-corrected chi connectivity index (χ4v) is 3.72. The summed E-state index contributed by atoms with van der Waals surface area (Å²) in [6, 6.07) is 7.28. The van der Waals surface area contributed by atoms with Crippen molar-refractivity contribution in [2.75, 3.05) is 13.2 Å². The molecule has 1 fully saturated rings. The number of ether oxygens (including phenoxy) is 1. The average molecular weight is 420 g/mol. The van der Waals surface area contributed by atoms with Gasteiger partial charge in [0.05, 0.1) is 12.6 Å². The standard InChI is InChI=1S/C23H30ClNO4/c1-2-29-23(28)10-5-3-4-6-15-25-20(12-14-22(25)27)11-13-21(26)17-18-8-7-9-19(24)16-18/h7-9,11,13,16,20H,2-6,10,12,14-15,17H2,1H3/b13-11+/t20-/m1/s1. The van der Waals surface area contributed by atoms with E-state index in [-0.39, 0.29) is 23.7 Å². The second kappa shape index (κ2) is 12.4. The fourth-order valence-electron chi connectivity index (χ4n) is 3.51. The van der Waals surface area contributed by atoms with Crippen LogP contribution in [0.15, 0.2) is 36.4 Å². The van der Waals surface area contributed by atoms with Crippen LogP contribution >= 0.6 is 11.6 Å². The number of hydrogen-bond donors (Lipinski definition) is 0. The zero-order chi connectivity index (χ0) is 21.1. The molecule has 0 bridgehead atoms. The van der Waals surface area contributed by atoms with E-state index in [1.165, 1.54) is 0 Å². The molecule has 158 valence electrons. The van der Waals surface area contributed by atoms with Gasteiger partial charge in [0, 0.05) is 30.8 Å². The van der Waals surface area contributed by atoms with Crippen LogP contribution in [0.25, 0.3) is 0 Å². The molecule has 5 nitrogen and oxygen atoms in total. The molecule has 1 aliphatic heterocycles. The third kappa shape index (κ3) is 8.40. The van der Waals surface area contributed by atoms with Crippen LogP contribution in [0, 0.1) is 0 Å². The summed E-state index contributed by atoms with van der Waals surface area (Å²) < 4.78 is 4.91. The first-order valence-corrected chi connectivity index (χ1v) is 10.8. The number of benzene rings is 1. The Morgan fingerprint density at radius 3 is 2.79 bits per heavy atom. The molecule has 0 unspecified atom stereocenters. The molecule has 1 aliphatic rings. The summed E-state index contributed by atoms with van der Waals surface area (Å²) in [6.45, 7) is 2.92. The minimum absolute atomic E-state index is 0.00512. The van der Waals surface area contributed by atoms with E-state index in [1.54, 1.807) is 25.1 Å². The molecule has 0 radical (unpaired) electrons. The Hall–Kier alpha value is -2.14. The molecule has 1 heterocycles. The summed E-state index contributed by atoms with van der Waals surface area (Å²) >= 11 is 5.96. The zero-order valence-electron chi connectivity index (χ0n) is 17.1. The molecule has 0 saturated carbocycles. The van der Waals surface area contributed by atoms with Crippen molar-refractivity contribution in [1.29, 1.82) is 0 Å². The molecule has 0 aromatic heterocycles. The molecule has 0 N–H and O–H groups in total. The Morgan fingerprint density at radius 1 is 1.24 bits per heavy atom. The highest BCUT2D eigenvalue weighted by Crippen LogP contribution is 2.21. The molecule has 29 heavy (non-hydrogen) atoms. The number of esters is 1. The summed E-state index contributed by atoms with van der Waals surface area (Å²) in [5.41, 5.74) is 0.884. The van der Waals surface area contributed by atoms with Crippen molar-refractivity contribution >= 4 is 29.3 Å². The third-order valence-corrected chi connectivity index (χ3v) is 5.22. The lowest BCUT2D eigenvalue weighted by atomic mass is 10.1. The number of halogens is 1. The third-order valence-electron chi connectivity index (χ3n) is 4.98. The minimum atomic E-state index is -0.144. The van der Waals surface area contributed by atoms with Gasteiger partial charge in [-0.1, -0.05) is 42.7 Å². The zero-order valence-corrected chi connectivity index (χ0v) is 17.8. The predicted octanol–water partition coefficient (Wildman–Crippen LogP) is 4.51.